The van der Waals surface area contributed by atoms with Gasteiger partial charge in [-0.05, 0) is 25.8 Å². The summed E-state index contributed by atoms with van der Waals surface area (Å²) in [6, 6.07) is 4.48. The summed E-state index contributed by atoms with van der Waals surface area (Å²) < 4.78 is 13.2. The highest BCUT2D eigenvalue weighted by molar-refractivity contribution is 5.89. The highest BCUT2D eigenvalue weighted by Gasteiger charge is 2.21. The minimum absolute atomic E-state index is 0.0572. The van der Waals surface area contributed by atoms with Gasteiger partial charge < -0.3 is 14.0 Å². The number of nitro groups is 1. The number of aryl methyl sites for hydroxylation is 1. The first-order valence-electron chi connectivity index (χ1n) is 9.15. The second kappa shape index (κ2) is 9.22. The van der Waals surface area contributed by atoms with Crippen LogP contribution in [0.5, 0.6) is 11.5 Å². The van der Waals surface area contributed by atoms with Crippen LogP contribution in [-0.2, 0) is 6.54 Å². The Balaban J connectivity index is 2.67. The number of non-ortho nitro benzene ring substituents is 1. The van der Waals surface area contributed by atoms with Gasteiger partial charge >= 0.3 is 0 Å². The number of pyridine rings is 1. The lowest BCUT2D eigenvalue weighted by Gasteiger charge is -2.17. The number of hydrogen-bond acceptors (Lipinski definition) is 5. The molecule has 0 atom stereocenters. The van der Waals surface area contributed by atoms with Crippen molar-refractivity contribution in [3.05, 3.63) is 38.7 Å². The van der Waals surface area contributed by atoms with Gasteiger partial charge in [0, 0.05) is 24.1 Å². The highest BCUT2D eigenvalue weighted by atomic mass is 16.6. The van der Waals surface area contributed by atoms with E-state index in [9.17, 15) is 14.9 Å². The zero-order valence-electron chi connectivity index (χ0n) is 15.6. The predicted octanol–water partition coefficient (Wildman–Crippen LogP) is 4.29. The minimum Gasteiger partial charge on any atom is -0.489 e. The Labute approximate surface area is 152 Å². The third-order valence-electron chi connectivity index (χ3n) is 4.18. The molecule has 7 heteroatoms. The van der Waals surface area contributed by atoms with Crippen molar-refractivity contribution >= 4 is 16.6 Å². The van der Waals surface area contributed by atoms with Crippen LogP contribution in [0, 0.1) is 10.1 Å². The molecule has 1 aromatic carbocycles. The van der Waals surface area contributed by atoms with Gasteiger partial charge in [-0.3, -0.25) is 14.9 Å². The van der Waals surface area contributed by atoms with E-state index in [0.29, 0.717) is 36.4 Å². The molecule has 1 aromatic heterocycles. The highest BCUT2D eigenvalue weighted by Crippen LogP contribution is 2.35. The van der Waals surface area contributed by atoms with Gasteiger partial charge in [-0.15, -0.1) is 0 Å². The van der Waals surface area contributed by atoms with E-state index >= 15 is 0 Å². The molecule has 26 heavy (non-hydrogen) atoms. The first-order valence-corrected chi connectivity index (χ1v) is 9.15. The van der Waals surface area contributed by atoms with Gasteiger partial charge in [-0.2, -0.15) is 0 Å². The van der Waals surface area contributed by atoms with Gasteiger partial charge in [-0.1, -0.05) is 26.7 Å². The van der Waals surface area contributed by atoms with E-state index in [4.69, 9.17) is 9.47 Å². The van der Waals surface area contributed by atoms with Crippen molar-refractivity contribution in [3.63, 3.8) is 0 Å². The Kier molecular flexibility index (Phi) is 7.00. The van der Waals surface area contributed by atoms with Crippen molar-refractivity contribution < 1.29 is 14.4 Å². The molecule has 0 amide bonds. The zero-order chi connectivity index (χ0) is 19.1. The maximum atomic E-state index is 12.9. The Morgan fingerprint density at radius 2 is 1.65 bits per heavy atom. The topological polar surface area (TPSA) is 83.6 Å². The van der Waals surface area contributed by atoms with Gasteiger partial charge in [0.1, 0.15) is 0 Å². The number of rotatable bonds is 10. The SMILES string of the molecule is CCCCOc1c(OCCCC)c2ccc([N+](=O)[O-])cc2n(CC)c1=O. The molecule has 0 aliphatic rings. The van der Waals surface area contributed by atoms with Crippen LogP contribution in [0.4, 0.5) is 5.69 Å². The fourth-order valence-electron chi connectivity index (χ4n) is 2.72. The van der Waals surface area contributed by atoms with Gasteiger partial charge in [0.05, 0.1) is 23.7 Å². The predicted molar refractivity (Wildman–Crippen MR) is 101 cm³/mol. The van der Waals surface area contributed by atoms with Crippen LogP contribution >= 0.6 is 0 Å². The smallest absolute Gasteiger partial charge is 0.297 e. The lowest BCUT2D eigenvalue weighted by molar-refractivity contribution is -0.384. The summed E-state index contributed by atoms with van der Waals surface area (Å²) in [4.78, 5) is 23.6. The number of nitrogens with zero attached hydrogens (tertiary/aromatic N) is 2. The standard InChI is InChI=1S/C19H26N2O5/c1-4-7-11-25-17-15-10-9-14(21(23)24)13-16(15)20(6-3)19(22)18(17)26-12-8-5-2/h9-10,13H,4-8,11-12H2,1-3H3. The fraction of sp³-hybridized carbons (Fsp3) is 0.526. The third kappa shape index (κ3) is 4.15. The van der Waals surface area contributed by atoms with Crippen LogP contribution in [0.2, 0.25) is 0 Å². The number of ether oxygens (including phenoxy) is 2. The molecular formula is C19H26N2O5. The van der Waals surface area contributed by atoms with Crippen LogP contribution in [0.15, 0.2) is 23.0 Å². The summed E-state index contributed by atoms with van der Waals surface area (Å²) in [7, 11) is 0. The molecule has 0 radical (unpaired) electrons. The molecule has 0 N–H and O–H groups in total. The summed E-state index contributed by atoms with van der Waals surface area (Å²) in [5, 5.41) is 11.8. The van der Waals surface area contributed by atoms with E-state index in [1.807, 2.05) is 13.8 Å². The first-order chi connectivity index (χ1) is 12.5. The Morgan fingerprint density at radius 1 is 1.04 bits per heavy atom. The summed E-state index contributed by atoms with van der Waals surface area (Å²) in [6.07, 6.45) is 3.59. The molecule has 1 heterocycles. The number of fused-ring (bicyclic) bond motifs is 1. The van der Waals surface area contributed by atoms with E-state index in [1.54, 1.807) is 6.07 Å². The zero-order valence-corrected chi connectivity index (χ0v) is 15.6. The molecule has 0 bridgehead atoms. The van der Waals surface area contributed by atoms with E-state index in [1.165, 1.54) is 16.7 Å². The number of unbranched alkanes of at least 4 members (excludes halogenated alkanes) is 2. The van der Waals surface area contributed by atoms with Crippen LogP contribution < -0.4 is 15.0 Å². The van der Waals surface area contributed by atoms with Gasteiger partial charge in [0.15, 0.2) is 5.75 Å². The monoisotopic (exact) mass is 362 g/mol. The summed E-state index contributed by atoms with van der Waals surface area (Å²) in [5.41, 5.74) is 0.113. The van der Waals surface area contributed by atoms with Crippen molar-refractivity contribution in [2.24, 2.45) is 0 Å². The molecule has 0 fully saturated rings. The molecule has 0 aliphatic heterocycles. The largest absolute Gasteiger partial charge is 0.489 e. The van der Waals surface area contributed by atoms with E-state index < -0.39 is 4.92 Å². The molecule has 2 rings (SSSR count). The normalized spacial score (nSPS) is 10.9. The fourth-order valence-corrected chi connectivity index (χ4v) is 2.72. The van der Waals surface area contributed by atoms with E-state index in [0.717, 1.165) is 25.7 Å². The Bertz CT molecular complexity index is 829. The molecule has 2 aromatic rings. The van der Waals surface area contributed by atoms with Crippen molar-refractivity contribution in [2.45, 2.75) is 53.0 Å². The van der Waals surface area contributed by atoms with Crippen molar-refractivity contribution in [2.75, 3.05) is 13.2 Å². The molecule has 0 saturated heterocycles. The number of aromatic nitrogens is 1. The second-order valence-corrected chi connectivity index (χ2v) is 6.07. The quantitative estimate of drug-likeness (QED) is 0.358. The molecule has 0 unspecified atom stereocenters. The minimum atomic E-state index is -0.465. The van der Waals surface area contributed by atoms with Gasteiger partial charge in [0.2, 0.25) is 5.75 Å². The molecule has 0 spiro atoms. The van der Waals surface area contributed by atoms with Crippen molar-refractivity contribution in [3.8, 4) is 11.5 Å². The lowest BCUT2D eigenvalue weighted by Crippen LogP contribution is -2.23. The molecule has 142 valence electrons. The Hall–Kier alpha value is -2.57. The molecule has 0 saturated carbocycles. The maximum Gasteiger partial charge on any atom is 0.297 e. The molecular weight excluding hydrogens is 336 g/mol. The van der Waals surface area contributed by atoms with Crippen molar-refractivity contribution in [1.29, 1.82) is 0 Å². The molecule has 7 nitrogen and oxygen atoms in total. The van der Waals surface area contributed by atoms with E-state index in [2.05, 4.69) is 6.92 Å². The number of benzene rings is 1. The number of hydrogen-bond donors (Lipinski definition) is 0. The third-order valence-corrected chi connectivity index (χ3v) is 4.18. The van der Waals surface area contributed by atoms with Gasteiger partial charge in [0.25, 0.3) is 11.2 Å². The van der Waals surface area contributed by atoms with E-state index in [-0.39, 0.29) is 17.0 Å². The van der Waals surface area contributed by atoms with Crippen LogP contribution in [-0.4, -0.2) is 22.7 Å². The maximum absolute atomic E-state index is 12.9. The Morgan fingerprint density at radius 3 is 2.19 bits per heavy atom. The summed E-state index contributed by atoms with van der Waals surface area (Å²) >= 11 is 0. The van der Waals surface area contributed by atoms with Crippen LogP contribution in [0.1, 0.15) is 46.5 Å². The van der Waals surface area contributed by atoms with Crippen LogP contribution in [0.3, 0.4) is 0 Å². The average Bonchev–Trinajstić information content (AvgIpc) is 2.63. The van der Waals surface area contributed by atoms with Crippen LogP contribution in [0.25, 0.3) is 10.9 Å². The first kappa shape index (κ1) is 19.8. The second-order valence-electron chi connectivity index (χ2n) is 6.07. The lowest BCUT2D eigenvalue weighted by atomic mass is 10.1. The summed E-state index contributed by atoms with van der Waals surface area (Å²) in [5.74, 6) is 0.576. The average molecular weight is 362 g/mol. The summed E-state index contributed by atoms with van der Waals surface area (Å²) in [6.45, 7) is 7.20. The van der Waals surface area contributed by atoms with Gasteiger partial charge in [-0.25, -0.2) is 0 Å². The molecule has 0 aliphatic carbocycles. The number of nitro benzene ring substituents is 1. The van der Waals surface area contributed by atoms with Crippen molar-refractivity contribution in [1.82, 2.24) is 4.57 Å².